The molecule has 0 aliphatic rings. The number of benzene rings is 4. The van der Waals surface area contributed by atoms with Crippen molar-refractivity contribution in [2.24, 2.45) is 4.99 Å². The third-order valence-corrected chi connectivity index (χ3v) is 8.84. The summed E-state index contributed by atoms with van der Waals surface area (Å²) >= 11 is 1.63. The van der Waals surface area contributed by atoms with Gasteiger partial charge in [-0.2, -0.15) is 0 Å². The molecule has 0 bridgehead atoms. The normalized spacial score (nSPS) is 12.9. The highest BCUT2D eigenvalue weighted by molar-refractivity contribution is 7.21. The molecule has 5 heteroatoms. The van der Waals surface area contributed by atoms with Crippen LogP contribution in [0.15, 0.2) is 77.8 Å². The third kappa shape index (κ3) is 6.42. The Bertz CT molecular complexity index is 1830. The van der Waals surface area contributed by atoms with Crippen LogP contribution in [0.3, 0.4) is 0 Å². The van der Waals surface area contributed by atoms with Crippen molar-refractivity contribution in [1.82, 2.24) is 4.98 Å². The Morgan fingerprint density at radius 3 is 2.00 bits per heavy atom. The maximum absolute atomic E-state index is 13.8. The first-order valence-electron chi connectivity index (χ1n) is 14.7. The van der Waals surface area contributed by atoms with E-state index in [9.17, 15) is 9.50 Å². The second-order valence-electron chi connectivity index (χ2n) is 14.4. The van der Waals surface area contributed by atoms with E-state index < -0.39 is 0 Å². The van der Waals surface area contributed by atoms with Crippen molar-refractivity contribution in [1.29, 1.82) is 0 Å². The summed E-state index contributed by atoms with van der Waals surface area (Å²) in [6, 6.07) is 23.2. The second-order valence-corrected chi connectivity index (χ2v) is 15.4. The number of phenols is 1. The molecule has 1 aromatic heterocycles. The lowest BCUT2D eigenvalue weighted by atomic mass is 9.79. The van der Waals surface area contributed by atoms with Crippen molar-refractivity contribution in [3.05, 3.63) is 101 Å². The van der Waals surface area contributed by atoms with Gasteiger partial charge in [0.05, 0.1) is 15.9 Å². The van der Waals surface area contributed by atoms with Crippen LogP contribution < -0.4 is 0 Å². The summed E-state index contributed by atoms with van der Waals surface area (Å²) in [4.78, 5) is 10.0. The number of aromatic hydroxyl groups is 1. The Morgan fingerprint density at radius 1 is 0.744 bits per heavy atom. The van der Waals surface area contributed by atoms with E-state index in [2.05, 4.69) is 80.5 Å². The minimum absolute atomic E-state index is 0.0647. The molecule has 0 amide bonds. The molecule has 3 nitrogen and oxygen atoms in total. The van der Waals surface area contributed by atoms with E-state index in [4.69, 9.17) is 9.98 Å². The third-order valence-electron chi connectivity index (χ3n) is 7.81. The summed E-state index contributed by atoms with van der Waals surface area (Å²) in [6.45, 7) is 19.5. The topological polar surface area (TPSA) is 45.5 Å². The van der Waals surface area contributed by atoms with Gasteiger partial charge in [-0.3, -0.25) is 4.99 Å². The zero-order valence-corrected chi connectivity index (χ0v) is 27.4. The molecule has 0 radical (unpaired) electrons. The van der Waals surface area contributed by atoms with E-state index in [1.54, 1.807) is 17.6 Å². The van der Waals surface area contributed by atoms with E-state index in [-0.39, 0.29) is 27.8 Å². The first-order valence-corrected chi connectivity index (χ1v) is 15.6. The number of rotatable bonds is 4. The number of phenolic OH excluding ortho intramolecular Hbond substituents is 1. The number of hydrogen-bond acceptors (Lipinski definition) is 4. The zero-order chi connectivity index (χ0) is 31.3. The van der Waals surface area contributed by atoms with E-state index in [0.29, 0.717) is 5.56 Å². The molecule has 222 valence electrons. The summed E-state index contributed by atoms with van der Waals surface area (Å²) in [6.07, 6.45) is 1.77. The minimum Gasteiger partial charge on any atom is -0.507 e. The quantitative estimate of drug-likeness (QED) is 0.211. The van der Waals surface area contributed by atoms with Gasteiger partial charge in [-0.15, -0.1) is 11.3 Å². The highest BCUT2D eigenvalue weighted by Crippen LogP contribution is 2.42. The largest absolute Gasteiger partial charge is 0.507 e. The average molecular weight is 593 g/mol. The number of aromatic nitrogens is 1. The van der Waals surface area contributed by atoms with Gasteiger partial charge < -0.3 is 5.11 Å². The summed E-state index contributed by atoms with van der Waals surface area (Å²) in [5.41, 5.74) is 8.11. The highest BCUT2D eigenvalue weighted by Gasteiger charge is 2.25. The Morgan fingerprint density at radius 2 is 1.37 bits per heavy atom. The molecule has 0 spiro atoms. The van der Waals surface area contributed by atoms with Crippen molar-refractivity contribution < 1.29 is 9.50 Å². The predicted molar refractivity (Wildman–Crippen MR) is 182 cm³/mol. The van der Waals surface area contributed by atoms with Crippen molar-refractivity contribution in [2.45, 2.75) is 78.6 Å². The van der Waals surface area contributed by atoms with Gasteiger partial charge in [0.1, 0.15) is 16.6 Å². The van der Waals surface area contributed by atoms with Crippen LogP contribution in [0.4, 0.5) is 10.1 Å². The van der Waals surface area contributed by atoms with E-state index in [1.807, 2.05) is 42.5 Å². The van der Waals surface area contributed by atoms with Gasteiger partial charge >= 0.3 is 0 Å². The molecule has 0 aliphatic carbocycles. The lowest BCUT2D eigenvalue weighted by molar-refractivity contribution is 0.444. The van der Waals surface area contributed by atoms with E-state index in [0.717, 1.165) is 48.7 Å². The van der Waals surface area contributed by atoms with Crippen LogP contribution in [0.25, 0.3) is 31.9 Å². The molecule has 1 N–H and O–H groups in total. The number of thiazole rings is 1. The number of nitrogens with zero attached hydrogens (tertiary/aromatic N) is 2. The number of hydrogen-bond donors (Lipinski definition) is 1. The van der Waals surface area contributed by atoms with Crippen molar-refractivity contribution in [3.8, 4) is 27.4 Å². The summed E-state index contributed by atoms with van der Waals surface area (Å²) < 4.78 is 14.9. The van der Waals surface area contributed by atoms with Gasteiger partial charge in [-0.25, -0.2) is 9.37 Å². The molecule has 5 rings (SSSR count). The molecule has 0 fully saturated rings. The molecular formula is C38H41FN2OS. The van der Waals surface area contributed by atoms with Crippen LogP contribution in [0, 0.1) is 5.82 Å². The Kier molecular flexibility index (Phi) is 7.85. The SMILES string of the molecule is CC(C)(C)c1cc(C=Nc2ccccc2-c2nc3c(-c4ccc(F)cc4)cc(C(C)(C)C)cc3s2)c(O)c(C(C)(C)C)c1. The summed E-state index contributed by atoms with van der Waals surface area (Å²) in [7, 11) is 0. The first kappa shape index (κ1) is 30.6. The molecule has 0 aliphatic heterocycles. The molecule has 43 heavy (non-hydrogen) atoms. The maximum Gasteiger partial charge on any atom is 0.128 e. The molecule has 0 saturated carbocycles. The highest BCUT2D eigenvalue weighted by atomic mass is 32.1. The molecule has 5 aromatic rings. The number of aliphatic imine (C=N–C) groups is 1. The Labute approximate surface area is 259 Å². The lowest BCUT2D eigenvalue weighted by Crippen LogP contribution is -2.17. The van der Waals surface area contributed by atoms with Crippen LogP contribution in [-0.2, 0) is 16.2 Å². The minimum atomic E-state index is -0.258. The van der Waals surface area contributed by atoms with Gasteiger partial charge in [-0.05, 0) is 75.4 Å². The number of para-hydroxylation sites is 1. The van der Waals surface area contributed by atoms with Crippen LogP contribution in [0.5, 0.6) is 5.75 Å². The van der Waals surface area contributed by atoms with Crippen LogP contribution in [0.1, 0.15) is 84.6 Å². The number of halogens is 1. The Hall–Kier alpha value is -3.83. The lowest BCUT2D eigenvalue weighted by Gasteiger charge is -2.27. The van der Waals surface area contributed by atoms with Crippen molar-refractivity contribution in [2.75, 3.05) is 0 Å². The van der Waals surface area contributed by atoms with Crippen LogP contribution in [0.2, 0.25) is 0 Å². The van der Waals surface area contributed by atoms with Gasteiger partial charge in [0.2, 0.25) is 0 Å². The average Bonchev–Trinajstić information content (AvgIpc) is 3.35. The smallest absolute Gasteiger partial charge is 0.128 e. The van der Waals surface area contributed by atoms with Crippen LogP contribution in [-0.4, -0.2) is 16.3 Å². The molecule has 0 unspecified atom stereocenters. The molecular weight excluding hydrogens is 551 g/mol. The Balaban J connectivity index is 1.65. The van der Waals surface area contributed by atoms with Crippen LogP contribution >= 0.6 is 11.3 Å². The maximum atomic E-state index is 13.8. The summed E-state index contributed by atoms with van der Waals surface area (Å²) in [5.74, 6) is 0.00628. The molecule has 0 atom stereocenters. The van der Waals surface area contributed by atoms with Crippen molar-refractivity contribution in [3.63, 3.8) is 0 Å². The standard InChI is InChI=1S/C38H41FN2OS/c1-36(2,3)25-18-24(34(42)30(20-25)38(7,8)9)22-40-31-13-11-10-12-28(31)35-41-33-29(23-14-16-27(39)17-15-23)19-26(37(4,5)6)21-32(33)43-35/h10-22,42H,1-9H3. The monoisotopic (exact) mass is 592 g/mol. The fraction of sp³-hybridized carbons (Fsp3) is 0.316. The van der Waals surface area contributed by atoms with Gasteiger partial charge in [0.25, 0.3) is 0 Å². The molecule has 1 heterocycles. The molecule has 0 saturated heterocycles. The fourth-order valence-corrected chi connectivity index (χ4v) is 6.16. The summed E-state index contributed by atoms with van der Waals surface area (Å²) in [5, 5.41) is 12.2. The van der Waals surface area contributed by atoms with E-state index >= 15 is 0 Å². The van der Waals surface area contributed by atoms with Crippen molar-refractivity contribution >= 4 is 33.5 Å². The zero-order valence-electron chi connectivity index (χ0n) is 26.6. The second kappa shape index (κ2) is 11.0. The van der Waals surface area contributed by atoms with Gasteiger partial charge in [-0.1, -0.05) is 92.6 Å². The molecule has 4 aromatic carbocycles. The number of fused-ring (bicyclic) bond motifs is 1. The fourth-order valence-electron chi connectivity index (χ4n) is 5.09. The van der Waals surface area contributed by atoms with E-state index in [1.165, 1.54) is 17.7 Å². The van der Waals surface area contributed by atoms with Gasteiger partial charge in [0.15, 0.2) is 0 Å². The van der Waals surface area contributed by atoms with Gasteiger partial charge in [0, 0.05) is 28.5 Å². The first-order chi connectivity index (χ1) is 20.0. The predicted octanol–water partition coefficient (Wildman–Crippen LogP) is 11.1.